The van der Waals surface area contributed by atoms with Crippen molar-refractivity contribution in [2.24, 2.45) is 5.92 Å². The van der Waals surface area contributed by atoms with Crippen molar-refractivity contribution in [1.82, 2.24) is 10.2 Å². The number of alkyl carbamates (subject to hydrolysis) is 1. The monoisotopic (exact) mass is 563 g/mol. The summed E-state index contributed by atoms with van der Waals surface area (Å²) in [6, 6.07) is 12.2. The van der Waals surface area contributed by atoms with Crippen LogP contribution in [0.5, 0.6) is 5.75 Å². The van der Waals surface area contributed by atoms with Gasteiger partial charge < -0.3 is 25.0 Å². The molecule has 8 heteroatoms. The first-order chi connectivity index (χ1) is 19.4. The minimum Gasteiger partial charge on any atom is -0.497 e. The van der Waals surface area contributed by atoms with Gasteiger partial charge in [0.1, 0.15) is 23.4 Å². The lowest BCUT2D eigenvalue weighted by molar-refractivity contribution is -0.142. The molecule has 0 heterocycles. The molecule has 0 aromatic heterocycles. The van der Waals surface area contributed by atoms with Crippen LogP contribution in [-0.4, -0.2) is 48.1 Å². The van der Waals surface area contributed by atoms with Crippen LogP contribution in [0.1, 0.15) is 84.4 Å². The van der Waals surface area contributed by atoms with Crippen LogP contribution >= 0.6 is 0 Å². The van der Waals surface area contributed by atoms with Crippen molar-refractivity contribution in [3.8, 4) is 18.1 Å². The lowest BCUT2D eigenvalue weighted by atomic mass is 9.95. The largest absolute Gasteiger partial charge is 0.497 e. The standard InChI is InChI=1S/C33H45N3O5/c1-9-12-13-22-36(31(38)28(23(4)10-2)35-32(39)41-33(5,6)7)29(25-16-14-24(11-3)15-17-25)30(37)34-26-18-20-27(40-8)21-19-26/h3,14-21,23,28-29H,9-10,12-13,22H2,1-2,4-8H3,(H,34,37)(H,35,39). The number of carbonyl (C=O) groups is 3. The van der Waals surface area contributed by atoms with E-state index in [1.807, 2.05) is 13.8 Å². The highest BCUT2D eigenvalue weighted by atomic mass is 16.6. The Labute approximate surface area is 245 Å². The number of hydrogen-bond donors (Lipinski definition) is 2. The number of benzene rings is 2. The van der Waals surface area contributed by atoms with Crippen molar-refractivity contribution in [3.63, 3.8) is 0 Å². The molecule has 222 valence electrons. The lowest BCUT2D eigenvalue weighted by Gasteiger charge is -2.36. The minimum absolute atomic E-state index is 0.210. The van der Waals surface area contributed by atoms with E-state index in [1.54, 1.807) is 81.3 Å². The number of hydrogen-bond acceptors (Lipinski definition) is 5. The first-order valence-corrected chi connectivity index (χ1v) is 14.3. The zero-order valence-electron chi connectivity index (χ0n) is 25.5. The molecule has 2 N–H and O–H groups in total. The second-order valence-corrected chi connectivity index (χ2v) is 11.1. The summed E-state index contributed by atoms with van der Waals surface area (Å²) >= 11 is 0. The molecular weight excluding hydrogens is 518 g/mol. The maximum atomic E-state index is 14.3. The molecule has 3 amide bonds. The fraction of sp³-hybridized carbons (Fsp3) is 0.485. The number of rotatable bonds is 13. The third-order valence-corrected chi connectivity index (χ3v) is 6.75. The molecule has 0 aliphatic heterocycles. The van der Waals surface area contributed by atoms with Crippen molar-refractivity contribution in [1.29, 1.82) is 0 Å². The average molecular weight is 564 g/mol. The lowest BCUT2D eigenvalue weighted by Crippen LogP contribution is -2.55. The Morgan fingerprint density at radius 2 is 1.63 bits per heavy atom. The Kier molecular flexibility index (Phi) is 12.7. The first kappa shape index (κ1) is 33.2. The van der Waals surface area contributed by atoms with Crippen molar-refractivity contribution in [2.45, 2.75) is 84.9 Å². The number of carbonyl (C=O) groups excluding carboxylic acids is 3. The maximum Gasteiger partial charge on any atom is 0.408 e. The molecule has 0 saturated heterocycles. The highest BCUT2D eigenvalue weighted by Gasteiger charge is 2.38. The summed E-state index contributed by atoms with van der Waals surface area (Å²) in [6.07, 6.45) is 8.03. The molecule has 2 aromatic carbocycles. The predicted octanol–water partition coefficient (Wildman–Crippen LogP) is 6.31. The van der Waals surface area contributed by atoms with Gasteiger partial charge in [-0.15, -0.1) is 6.42 Å². The van der Waals surface area contributed by atoms with Gasteiger partial charge in [0.2, 0.25) is 5.91 Å². The number of terminal acetylenes is 1. The molecule has 0 aliphatic rings. The van der Waals surface area contributed by atoms with Gasteiger partial charge in [-0.25, -0.2) is 4.79 Å². The van der Waals surface area contributed by atoms with Crippen LogP contribution in [0.15, 0.2) is 48.5 Å². The first-order valence-electron chi connectivity index (χ1n) is 14.3. The fourth-order valence-corrected chi connectivity index (χ4v) is 4.31. The zero-order chi connectivity index (χ0) is 30.6. The third kappa shape index (κ3) is 10.2. The number of nitrogens with one attached hydrogen (secondary N) is 2. The Morgan fingerprint density at radius 1 is 1.00 bits per heavy atom. The second kappa shape index (κ2) is 15.7. The quantitative estimate of drug-likeness (QED) is 0.220. The Bertz CT molecular complexity index is 1180. The highest BCUT2D eigenvalue weighted by molar-refractivity contribution is 5.99. The highest BCUT2D eigenvalue weighted by Crippen LogP contribution is 2.27. The Hall–Kier alpha value is -3.99. The van der Waals surface area contributed by atoms with E-state index in [0.717, 1.165) is 12.8 Å². The number of amides is 3. The van der Waals surface area contributed by atoms with E-state index in [9.17, 15) is 14.4 Å². The summed E-state index contributed by atoms with van der Waals surface area (Å²) in [5.74, 6) is 2.31. The van der Waals surface area contributed by atoms with Gasteiger partial charge in [0.15, 0.2) is 0 Å². The van der Waals surface area contributed by atoms with Crippen LogP contribution in [0.2, 0.25) is 0 Å². The van der Waals surface area contributed by atoms with E-state index in [2.05, 4.69) is 23.5 Å². The molecule has 2 aromatic rings. The van der Waals surface area contributed by atoms with Crippen molar-refractivity contribution in [2.75, 3.05) is 19.0 Å². The van der Waals surface area contributed by atoms with E-state index in [-0.39, 0.29) is 17.7 Å². The SMILES string of the molecule is C#Cc1ccc(C(C(=O)Nc2ccc(OC)cc2)N(CCCCC)C(=O)C(NC(=O)OC(C)(C)C)C(C)CC)cc1. The summed E-state index contributed by atoms with van der Waals surface area (Å²) in [5.41, 5.74) is 1.11. The minimum atomic E-state index is -0.972. The van der Waals surface area contributed by atoms with E-state index < -0.39 is 23.8 Å². The molecule has 0 radical (unpaired) electrons. The molecule has 2 rings (SSSR count). The molecule has 0 fully saturated rings. The molecule has 0 bridgehead atoms. The number of ether oxygens (including phenoxy) is 2. The molecule has 8 nitrogen and oxygen atoms in total. The Balaban J connectivity index is 2.56. The summed E-state index contributed by atoms with van der Waals surface area (Å²) in [5, 5.41) is 5.76. The van der Waals surface area contributed by atoms with E-state index in [4.69, 9.17) is 15.9 Å². The van der Waals surface area contributed by atoms with Crippen LogP contribution in [-0.2, 0) is 14.3 Å². The van der Waals surface area contributed by atoms with Crippen LogP contribution in [0.4, 0.5) is 10.5 Å². The molecule has 3 unspecified atom stereocenters. The van der Waals surface area contributed by atoms with E-state index in [0.29, 0.717) is 42.0 Å². The predicted molar refractivity (Wildman–Crippen MR) is 163 cm³/mol. The van der Waals surface area contributed by atoms with Gasteiger partial charge in [0.25, 0.3) is 5.91 Å². The average Bonchev–Trinajstić information content (AvgIpc) is 2.94. The fourth-order valence-electron chi connectivity index (χ4n) is 4.31. The van der Waals surface area contributed by atoms with Crippen molar-refractivity contribution < 1.29 is 23.9 Å². The molecule has 0 spiro atoms. The molecule has 41 heavy (non-hydrogen) atoms. The van der Waals surface area contributed by atoms with Crippen molar-refractivity contribution >= 4 is 23.6 Å². The maximum absolute atomic E-state index is 14.3. The molecule has 0 saturated carbocycles. The third-order valence-electron chi connectivity index (χ3n) is 6.75. The van der Waals surface area contributed by atoms with Crippen molar-refractivity contribution in [3.05, 3.63) is 59.7 Å². The Morgan fingerprint density at radius 3 is 2.15 bits per heavy atom. The molecule has 3 atom stereocenters. The van der Waals surface area contributed by atoms with Crippen LogP contribution in [0.3, 0.4) is 0 Å². The van der Waals surface area contributed by atoms with Gasteiger partial charge in [0.05, 0.1) is 7.11 Å². The number of anilines is 1. The van der Waals surface area contributed by atoms with Gasteiger partial charge in [0, 0.05) is 17.8 Å². The van der Waals surface area contributed by atoms with Gasteiger partial charge >= 0.3 is 6.09 Å². The number of unbranched alkanes of at least 4 members (excludes halogenated alkanes) is 2. The number of methoxy groups -OCH3 is 1. The summed E-state index contributed by atoms with van der Waals surface area (Å²) in [4.78, 5) is 42.7. The van der Waals surface area contributed by atoms with Gasteiger partial charge in [-0.05, 0) is 75.1 Å². The topological polar surface area (TPSA) is 97.0 Å². The van der Waals surface area contributed by atoms with Gasteiger partial charge in [-0.2, -0.15) is 0 Å². The second-order valence-electron chi connectivity index (χ2n) is 11.1. The van der Waals surface area contributed by atoms with Crippen LogP contribution in [0, 0.1) is 18.3 Å². The van der Waals surface area contributed by atoms with Crippen LogP contribution in [0.25, 0.3) is 0 Å². The van der Waals surface area contributed by atoms with Gasteiger partial charge in [-0.3, -0.25) is 9.59 Å². The van der Waals surface area contributed by atoms with Gasteiger partial charge in [-0.1, -0.05) is 58.1 Å². The summed E-state index contributed by atoms with van der Waals surface area (Å²) in [7, 11) is 1.57. The van der Waals surface area contributed by atoms with E-state index in [1.165, 1.54) is 0 Å². The smallest absolute Gasteiger partial charge is 0.408 e. The summed E-state index contributed by atoms with van der Waals surface area (Å²) < 4.78 is 10.7. The summed E-state index contributed by atoms with van der Waals surface area (Å²) in [6.45, 7) is 11.6. The normalized spacial score (nSPS) is 13.2. The number of nitrogens with zero attached hydrogens (tertiary/aromatic N) is 1. The molecular formula is C33H45N3O5. The zero-order valence-corrected chi connectivity index (χ0v) is 25.5. The van der Waals surface area contributed by atoms with E-state index >= 15 is 0 Å². The van der Waals surface area contributed by atoms with Crippen LogP contribution < -0.4 is 15.4 Å². The molecule has 0 aliphatic carbocycles.